The quantitative estimate of drug-likeness (QED) is 0.926. The molecule has 4 nitrogen and oxygen atoms in total. The van der Waals surface area contributed by atoms with Gasteiger partial charge in [0.25, 0.3) is 0 Å². The number of hydrogen-bond acceptors (Lipinski definition) is 3. The van der Waals surface area contributed by atoms with Crippen LogP contribution in [0.15, 0.2) is 24.3 Å². The maximum atomic E-state index is 12.7. The summed E-state index contributed by atoms with van der Waals surface area (Å²) in [5.41, 5.74) is 2.04. The van der Waals surface area contributed by atoms with Gasteiger partial charge in [-0.2, -0.15) is 0 Å². The number of fused-ring (bicyclic) bond motifs is 1. The molecule has 0 spiro atoms. The summed E-state index contributed by atoms with van der Waals surface area (Å²) in [6, 6.07) is 7.99. The summed E-state index contributed by atoms with van der Waals surface area (Å²) in [5, 5.41) is 3.33. The zero-order chi connectivity index (χ0) is 14.0. The smallest absolute Gasteiger partial charge is 0.236 e. The standard InChI is InChI=1S/C15H22N2O2S/c18-20(19,12-14-8-3-4-10-16-14)17-11-5-7-13-6-1-2-9-15(13)17/h1-2,6,9,14,16H,3-5,7-8,10-12H2. The molecule has 1 aromatic carbocycles. The van der Waals surface area contributed by atoms with Gasteiger partial charge in [0.1, 0.15) is 0 Å². The first-order chi connectivity index (χ1) is 9.67. The van der Waals surface area contributed by atoms with Crippen LogP contribution in [0.1, 0.15) is 31.2 Å². The van der Waals surface area contributed by atoms with Crippen LogP contribution in [0.3, 0.4) is 0 Å². The van der Waals surface area contributed by atoms with Gasteiger partial charge in [-0.15, -0.1) is 0 Å². The molecule has 0 amide bonds. The highest BCUT2D eigenvalue weighted by molar-refractivity contribution is 7.92. The number of nitrogens with zero attached hydrogens (tertiary/aromatic N) is 1. The first-order valence-electron chi connectivity index (χ1n) is 7.48. The number of nitrogens with one attached hydrogen (secondary N) is 1. The van der Waals surface area contributed by atoms with Gasteiger partial charge in [0.2, 0.25) is 10.0 Å². The average molecular weight is 294 g/mol. The minimum Gasteiger partial charge on any atom is -0.313 e. The van der Waals surface area contributed by atoms with Crippen LogP contribution < -0.4 is 9.62 Å². The largest absolute Gasteiger partial charge is 0.313 e. The van der Waals surface area contributed by atoms with E-state index in [1.165, 1.54) is 0 Å². The molecule has 0 bridgehead atoms. The van der Waals surface area contributed by atoms with E-state index in [9.17, 15) is 8.42 Å². The van der Waals surface area contributed by atoms with E-state index in [0.717, 1.165) is 49.9 Å². The van der Waals surface area contributed by atoms with E-state index in [1.54, 1.807) is 4.31 Å². The Morgan fingerprint density at radius 2 is 2.05 bits per heavy atom. The Labute approximate surface area is 121 Å². The molecule has 2 aliphatic rings. The Balaban J connectivity index is 1.81. The van der Waals surface area contributed by atoms with Crippen LogP contribution in [0.25, 0.3) is 0 Å². The van der Waals surface area contributed by atoms with Gasteiger partial charge in [0.15, 0.2) is 0 Å². The van der Waals surface area contributed by atoms with E-state index < -0.39 is 10.0 Å². The molecule has 0 saturated carbocycles. The highest BCUT2D eigenvalue weighted by Gasteiger charge is 2.30. The lowest BCUT2D eigenvalue weighted by molar-refractivity contribution is 0.423. The molecule has 0 radical (unpaired) electrons. The summed E-state index contributed by atoms with van der Waals surface area (Å²) in [6.45, 7) is 1.56. The highest BCUT2D eigenvalue weighted by Crippen LogP contribution is 2.29. The molecule has 0 aliphatic carbocycles. The fraction of sp³-hybridized carbons (Fsp3) is 0.600. The summed E-state index contributed by atoms with van der Waals surface area (Å²) in [5.74, 6) is 0.224. The third-order valence-electron chi connectivity index (χ3n) is 4.23. The topological polar surface area (TPSA) is 49.4 Å². The number of sulfonamides is 1. The molecule has 110 valence electrons. The number of hydrogen-bond donors (Lipinski definition) is 1. The Hall–Kier alpha value is -1.07. The molecule has 5 heteroatoms. The van der Waals surface area contributed by atoms with Crippen molar-refractivity contribution in [2.75, 3.05) is 23.1 Å². The molecule has 0 aromatic heterocycles. The average Bonchev–Trinajstić information content (AvgIpc) is 2.47. The van der Waals surface area contributed by atoms with E-state index in [4.69, 9.17) is 0 Å². The van der Waals surface area contributed by atoms with Crippen LogP contribution in [0.2, 0.25) is 0 Å². The SMILES string of the molecule is O=S(=O)(CC1CCCCN1)N1CCCc2ccccc21. The Kier molecular flexibility index (Phi) is 3.98. The van der Waals surface area contributed by atoms with Crippen molar-refractivity contribution in [3.63, 3.8) is 0 Å². The van der Waals surface area contributed by atoms with Gasteiger partial charge in [-0.1, -0.05) is 24.6 Å². The monoisotopic (exact) mass is 294 g/mol. The van der Waals surface area contributed by atoms with Crippen molar-refractivity contribution in [1.82, 2.24) is 5.32 Å². The summed E-state index contributed by atoms with van der Waals surface area (Å²) < 4.78 is 27.0. The first kappa shape index (κ1) is 13.9. The predicted octanol–water partition coefficient (Wildman–Crippen LogP) is 1.91. The molecule has 20 heavy (non-hydrogen) atoms. The summed E-state index contributed by atoms with van der Waals surface area (Å²) in [4.78, 5) is 0. The van der Waals surface area contributed by atoms with Crippen molar-refractivity contribution in [2.24, 2.45) is 0 Å². The normalized spacial score (nSPS) is 23.4. The number of benzene rings is 1. The minimum absolute atomic E-state index is 0.114. The lowest BCUT2D eigenvalue weighted by Gasteiger charge is -2.32. The van der Waals surface area contributed by atoms with Gasteiger partial charge in [-0.25, -0.2) is 8.42 Å². The fourth-order valence-corrected chi connectivity index (χ4v) is 5.06. The molecule has 2 aliphatic heterocycles. The Morgan fingerprint density at radius 3 is 2.85 bits per heavy atom. The van der Waals surface area contributed by atoms with E-state index in [1.807, 2.05) is 24.3 Å². The second kappa shape index (κ2) is 5.74. The third kappa shape index (κ3) is 2.83. The number of piperidine rings is 1. The molecule has 1 aromatic rings. The van der Waals surface area contributed by atoms with Crippen molar-refractivity contribution >= 4 is 15.7 Å². The number of anilines is 1. The zero-order valence-corrected chi connectivity index (χ0v) is 12.5. The van der Waals surface area contributed by atoms with Gasteiger partial charge in [0.05, 0.1) is 11.4 Å². The van der Waals surface area contributed by atoms with Gasteiger partial charge in [0, 0.05) is 12.6 Å². The van der Waals surface area contributed by atoms with Crippen molar-refractivity contribution < 1.29 is 8.42 Å². The molecule has 1 unspecified atom stereocenters. The van der Waals surface area contributed by atoms with E-state index in [-0.39, 0.29) is 11.8 Å². The highest BCUT2D eigenvalue weighted by atomic mass is 32.2. The number of para-hydroxylation sites is 1. The van der Waals surface area contributed by atoms with Crippen LogP contribution >= 0.6 is 0 Å². The fourth-order valence-electron chi connectivity index (χ4n) is 3.20. The Morgan fingerprint density at radius 1 is 1.20 bits per heavy atom. The number of rotatable bonds is 3. The van der Waals surface area contributed by atoms with Crippen LogP contribution in [0.4, 0.5) is 5.69 Å². The maximum Gasteiger partial charge on any atom is 0.236 e. The number of aryl methyl sites for hydroxylation is 1. The predicted molar refractivity (Wildman–Crippen MR) is 81.5 cm³/mol. The Bertz CT molecular complexity index is 565. The van der Waals surface area contributed by atoms with Crippen molar-refractivity contribution in [1.29, 1.82) is 0 Å². The van der Waals surface area contributed by atoms with Gasteiger partial charge in [-0.05, 0) is 43.9 Å². The van der Waals surface area contributed by atoms with Crippen molar-refractivity contribution in [3.8, 4) is 0 Å². The lowest BCUT2D eigenvalue weighted by atomic mass is 10.0. The molecule has 1 fully saturated rings. The van der Waals surface area contributed by atoms with Crippen LogP contribution in [-0.4, -0.2) is 33.3 Å². The van der Waals surface area contributed by atoms with Crippen molar-refractivity contribution in [2.45, 2.75) is 38.1 Å². The van der Waals surface area contributed by atoms with Gasteiger partial charge in [-0.3, -0.25) is 4.31 Å². The lowest BCUT2D eigenvalue weighted by Crippen LogP contribution is -2.45. The molecule has 1 atom stereocenters. The van der Waals surface area contributed by atoms with E-state index in [0.29, 0.717) is 6.54 Å². The third-order valence-corrected chi connectivity index (χ3v) is 6.10. The molecular formula is C15H22N2O2S. The van der Waals surface area contributed by atoms with Gasteiger partial charge >= 0.3 is 0 Å². The van der Waals surface area contributed by atoms with Gasteiger partial charge < -0.3 is 5.32 Å². The second-order valence-corrected chi connectivity index (χ2v) is 7.67. The minimum atomic E-state index is -3.23. The first-order valence-corrected chi connectivity index (χ1v) is 9.09. The maximum absolute atomic E-state index is 12.7. The molecule has 2 heterocycles. The summed E-state index contributed by atoms with van der Waals surface area (Å²) >= 11 is 0. The molecule has 3 rings (SSSR count). The summed E-state index contributed by atoms with van der Waals surface area (Å²) in [6.07, 6.45) is 5.14. The van der Waals surface area contributed by atoms with E-state index in [2.05, 4.69) is 5.32 Å². The van der Waals surface area contributed by atoms with E-state index >= 15 is 0 Å². The van der Waals surface area contributed by atoms with Crippen molar-refractivity contribution in [3.05, 3.63) is 29.8 Å². The second-order valence-electron chi connectivity index (χ2n) is 5.73. The van der Waals surface area contributed by atoms with Crippen LogP contribution in [0.5, 0.6) is 0 Å². The molecular weight excluding hydrogens is 272 g/mol. The molecule has 1 saturated heterocycles. The van der Waals surface area contributed by atoms with Crippen LogP contribution in [0, 0.1) is 0 Å². The van der Waals surface area contributed by atoms with Crippen LogP contribution in [-0.2, 0) is 16.4 Å². The zero-order valence-electron chi connectivity index (χ0n) is 11.7. The summed E-state index contributed by atoms with van der Waals surface area (Å²) in [7, 11) is -3.23. The molecule has 1 N–H and O–H groups in total.